The first-order valence-corrected chi connectivity index (χ1v) is 6.29. The second kappa shape index (κ2) is 7.36. The molecule has 0 spiro atoms. The molecule has 0 saturated heterocycles. The SMILES string of the molecule is COC(=O)[C@@H](NC(=O)CCNC(C)(C)C)C(C)C. The number of nitrogens with one attached hydrogen (secondary N) is 2. The summed E-state index contributed by atoms with van der Waals surface area (Å²) in [5, 5.41) is 5.92. The minimum Gasteiger partial charge on any atom is -0.467 e. The van der Waals surface area contributed by atoms with E-state index in [0.717, 1.165) is 0 Å². The van der Waals surface area contributed by atoms with Crippen molar-refractivity contribution in [3.8, 4) is 0 Å². The molecule has 0 saturated carbocycles. The maximum absolute atomic E-state index is 11.7. The normalized spacial score (nSPS) is 13.3. The average Bonchev–Trinajstić information content (AvgIpc) is 2.22. The lowest BCUT2D eigenvalue weighted by molar-refractivity contribution is -0.146. The lowest BCUT2D eigenvalue weighted by atomic mass is 10.0. The van der Waals surface area contributed by atoms with E-state index >= 15 is 0 Å². The maximum Gasteiger partial charge on any atom is 0.328 e. The van der Waals surface area contributed by atoms with Crippen LogP contribution in [0.5, 0.6) is 0 Å². The van der Waals surface area contributed by atoms with Gasteiger partial charge in [-0.15, -0.1) is 0 Å². The van der Waals surface area contributed by atoms with Gasteiger partial charge in [0.1, 0.15) is 6.04 Å². The number of carbonyl (C=O) groups is 2. The maximum atomic E-state index is 11.7. The predicted molar refractivity (Wildman–Crippen MR) is 71.2 cm³/mol. The molecule has 0 aliphatic carbocycles. The molecule has 1 amide bonds. The summed E-state index contributed by atoms with van der Waals surface area (Å²) >= 11 is 0. The van der Waals surface area contributed by atoms with Gasteiger partial charge in [-0.3, -0.25) is 4.79 Å². The Hall–Kier alpha value is -1.10. The van der Waals surface area contributed by atoms with Gasteiger partial charge in [-0.05, 0) is 26.7 Å². The number of ether oxygens (including phenoxy) is 1. The predicted octanol–water partition coefficient (Wildman–Crippen LogP) is 1.08. The summed E-state index contributed by atoms with van der Waals surface area (Å²) in [7, 11) is 1.32. The van der Waals surface area contributed by atoms with Crippen molar-refractivity contribution in [2.75, 3.05) is 13.7 Å². The number of methoxy groups -OCH3 is 1. The number of rotatable bonds is 6. The van der Waals surface area contributed by atoms with E-state index in [0.29, 0.717) is 13.0 Å². The quantitative estimate of drug-likeness (QED) is 0.700. The van der Waals surface area contributed by atoms with Crippen molar-refractivity contribution in [2.24, 2.45) is 5.92 Å². The fourth-order valence-corrected chi connectivity index (χ4v) is 1.42. The molecule has 0 rings (SSSR count). The summed E-state index contributed by atoms with van der Waals surface area (Å²) in [5.74, 6) is -0.532. The van der Waals surface area contributed by atoms with Crippen LogP contribution in [0.3, 0.4) is 0 Å². The summed E-state index contributed by atoms with van der Waals surface area (Å²) in [5.41, 5.74) is -0.0138. The number of amides is 1. The van der Waals surface area contributed by atoms with Gasteiger partial charge in [0.2, 0.25) is 5.91 Å². The third-order valence-electron chi connectivity index (χ3n) is 2.45. The number of carbonyl (C=O) groups excluding carboxylic acids is 2. The number of hydrogen-bond acceptors (Lipinski definition) is 4. The monoisotopic (exact) mass is 258 g/mol. The van der Waals surface area contributed by atoms with Crippen LogP contribution in [-0.2, 0) is 14.3 Å². The summed E-state index contributed by atoms with van der Waals surface area (Å²) in [6.45, 7) is 10.4. The highest BCUT2D eigenvalue weighted by atomic mass is 16.5. The molecule has 0 aliphatic rings. The lowest BCUT2D eigenvalue weighted by Crippen LogP contribution is -2.46. The molecule has 0 radical (unpaired) electrons. The van der Waals surface area contributed by atoms with Gasteiger partial charge >= 0.3 is 5.97 Å². The van der Waals surface area contributed by atoms with E-state index in [1.807, 2.05) is 34.6 Å². The Morgan fingerprint density at radius 2 is 1.78 bits per heavy atom. The zero-order valence-electron chi connectivity index (χ0n) is 12.3. The molecule has 106 valence electrons. The van der Waals surface area contributed by atoms with Crippen LogP contribution < -0.4 is 10.6 Å². The van der Waals surface area contributed by atoms with Crippen LogP contribution >= 0.6 is 0 Å². The van der Waals surface area contributed by atoms with Crippen LogP contribution in [0.1, 0.15) is 41.0 Å². The van der Waals surface area contributed by atoms with Crippen LogP contribution in [-0.4, -0.2) is 37.1 Å². The minimum absolute atomic E-state index is 0.0111. The third-order valence-corrected chi connectivity index (χ3v) is 2.45. The first-order chi connectivity index (χ1) is 8.17. The largest absolute Gasteiger partial charge is 0.467 e. The zero-order chi connectivity index (χ0) is 14.3. The average molecular weight is 258 g/mol. The first kappa shape index (κ1) is 16.9. The summed E-state index contributed by atoms with van der Waals surface area (Å²) in [6.07, 6.45) is 0.345. The molecule has 0 aliphatic heterocycles. The second-order valence-corrected chi connectivity index (χ2v) is 5.74. The van der Waals surface area contributed by atoms with Crippen molar-refractivity contribution in [2.45, 2.75) is 52.6 Å². The molecule has 1 atom stereocenters. The second-order valence-electron chi connectivity index (χ2n) is 5.74. The van der Waals surface area contributed by atoms with Crippen LogP contribution in [0.4, 0.5) is 0 Å². The highest BCUT2D eigenvalue weighted by molar-refractivity contribution is 5.84. The summed E-state index contributed by atoms with van der Waals surface area (Å²) in [6, 6.07) is -0.572. The van der Waals surface area contributed by atoms with E-state index in [-0.39, 0.29) is 17.4 Å². The molecule has 2 N–H and O–H groups in total. The molecule has 0 aromatic carbocycles. The molecule has 0 fully saturated rings. The zero-order valence-corrected chi connectivity index (χ0v) is 12.3. The van der Waals surface area contributed by atoms with Crippen LogP contribution in [0, 0.1) is 5.92 Å². The molecular weight excluding hydrogens is 232 g/mol. The van der Waals surface area contributed by atoms with E-state index in [2.05, 4.69) is 15.4 Å². The number of esters is 1. The summed E-state index contributed by atoms with van der Waals surface area (Å²) in [4.78, 5) is 23.2. The van der Waals surface area contributed by atoms with Crippen LogP contribution in [0.25, 0.3) is 0 Å². The van der Waals surface area contributed by atoms with E-state index in [4.69, 9.17) is 0 Å². The fraction of sp³-hybridized carbons (Fsp3) is 0.846. The minimum atomic E-state index is -0.572. The van der Waals surface area contributed by atoms with Crippen molar-refractivity contribution in [3.63, 3.8) is 0 Å². The molecular formula is C13H26N2O3. The standard InChI is InChI=1S/C13H26N2O3/c1-9(2)11(12(17)18-6)15-10(16)7-8-14-13(3,4)5/h9,11,14H,7-8H2,1-6H3,(H,15,16)/t11-/m0/s1. The highest BCUT2D eigenvalue weighted by Crippen LogP contribution is 2.04. The molecule has 0 unspecified atom stereocenters. The van der Waals surface area contributed by atoms with Crippen LogP contribution in [0.15, 0.2) is 0 Å². The van der Waals surface area contributed by atoms with Gasteiger partial charge < -0.3 is 15.4 Å². The Morgan fingerprint density at radius 1 is 1.22 bits per heavy atom. The molecule has 0 heterocycles. The van der Waals surface area contributed by atoms with E-state index in [9.17, 15) is 9.59 Å². The lowest BCUT2D eigenvalue weighted by Gasteiger charge is -2.22. The van der Waals surface area contributed by atoms with Crippen molar-refractivity contribution >= 4 is 11.9 Å². The van der Waals surface area contributed by atoms with E-state index < -0.39 is 12.0 Å². The molecule has 0 aromatic heterocycles. The van der Waals surface area contributed by atoms with Gasteiger partial charge in [0.15, 0.2) is 0 Å². The fourth-order valence-electron chi connectivity index (χ4n) is 1.42. The molecule has 0 aromatic rings. The van der Waals surface area contributed by atoms with E-state index in [1.165, 1.54) is 7.11 Å². The van der Waals surface area contributed by atoms with Gasteiger partial charge in [0.05, 0.1) is 7.11 Å². The topological polar surface area (TPSA) is 67.4 Å². The molecule has 5 nitrogen and oxygen atoms in total. The summed E-state index contributed by atoms with van der Waals surface area (Å²) < 4.78 is 4.66. The number of hydrogen-bond donors (Lipinski definition) is 2. The Bertz CT molecular complexity index is 282. The van der Waals surface area contributed by atoms with Gasteiger partial charge in [-0.25, -0.2) is 4.79 Å². The van der Waals surface area contributed by atoms with Gasteiger partial charge in [0, 0.05) is 18.5 Å². The Labute approximate surface area is 110 Å². The smallest absolute Gasteiger partial charge is 0.328 e. The van der Waals surface area contributed by atoms with Gasteiger partial charge in [-0.1, -0.05) is 13.8 Å². The first-order valence-electron chi connectivity index (χ1n) is 6.29. The molecule has 18 heavy (non-hydrogen) atoms. The Kier molecular flexibility index (Phi) is 6.91. The van der Waals surface area contributed by atoms with Gasteiger partial charge in [0.25, 0.3) is 0 Å². The third kappa shape index (κ3) is 7.27. The van der Waals surface area contributed by atoms with Crippen molar-refractivity contribution in [3.05, 3.63) is 0 Å². The highest BCUT2D eigenvalue weighted by Gasteiger charge is 2.24. The Morgan fingerprint density at radius 3 is 2.17 bits per heavy atom. The Balaban J connectivity index is 4.15. The van der Waals surface area contributed by atoms with Crippen molar-refractivity contribution in [1.82, 2.24) is 10.6 Å². The molecule has 0 bridgehead atoms. The van der Waals surface area contributed by atoms with Gasteiger partial charge in [-0.2, -0.15) is 0 Å². The molecule has 5 heteroatoms. The van der Waals surface area contributed by atoms with Crippen molar-refractivity contribution < 1.29 is 14.3 Å². The van der Waals surface area contributed by atoms with E-state index in [1.54, 1.807) is 0 Å². The van der Waals surface area contributed by atoms with Crippen molar-refractivity contribution in [1.29, 1.82) is 0 Å². The van der Waals surface area contributed by atoms with Crippen LogP contribution in [0.2, 0.25) is 0 Å².